The van der Waals surface area contributed by atoms with E-state index in [1.54, 1.807) is 12.4 Å². The molecule has 5 nitrogen and oxygen atoms in total. The Kier molecular flexibility index (Phi) is 4.75. The van der Waals surface area contributed by atoms with Crippen molar-refractivity contribution in [3.05, 3.63) is 30.1 Å². The molecule has 1 aliphatic heterocycles. The Morgan fingerprint density at radius 2 is 2.00 bits per heavy atom. The van der Waals surface area contributed by atoms with Gasteiger partial charge in [0.05, 0.1) is 23.3 Å². The van der Waals surface area contributed by atoms with Crippen LogP contribution in [-0.4, -0.2) is 28.3 Å². The Morgan fingerprint density at radius 1 is 1.36 bits per heavy atom. The quantitative estimate of drug-likeness (QED) is 0.898. The number of hydrogen-bond donors (Lipinski definition) is 2. The van der Waals surface area contributed by atoms with E-state index in [-0.39, 0.29) is 29.3 Å². The number of urea groups is 1. The first-order valence-corrected chi connectivity index (χ1v) is 7.90. The maximum Gasteiger partial charge on any atom is 0.315 e. The molecular weight excluding hydrogens is 278 g/mol. The van der Waals surface area contributed by atoms with Gasteiger partial charge in [-0.3, -0.25) is 4.98 Å². The summed E-state index contributed by atoms with van der Waals surface area (Å²) in [5.41, 5.74) is 0.491. The molecule has 0 unspecified atom stereocenters. The van der Waals surface area contributed by atoms with Crippen LogP contribution in [0.5, 0.6) is 0 Å². The van der Waals surface area contributed by atoms with Gasteiger partial charge in [0.2, 0.25) is 0 Å². The average molecular weight is 305 g/mol. The summed E-state index contributed by atoms with van der Waals surface area (Å²) in [6.45, 7) is 10.2. The first kappa shape index (κ1) is 16.7. The third-order valence-electron chi connectivity index (χ3n) is 4.20. The predicted octanol–water partition coefficient (Wildman–Crippen LogP) is 3.18. The standard InChI is InChI=1S/C17H27N3O2/c1-6-13(12-7-9-18-10-8-12)19-15(21)20-14-11-16(2,3)22-17(14,4)5/h7-10,13-14H,6,11H2,1-5H3,(H2,19,20,21)/t13-,14+/m0/s1. The molecule has 0 bridgehead atoms. The number of carbonyl (C=O) groups is 1. The van der Waals surface area contributed by atoms with Crippen molar-refractivity contribution in [2.24, 2.45) is 0 Å². The van der Waals surface area contributed by atoms with E-state index in [1.165, 1.54) is 0 Å². The number of carbonyl (C=O) groups excluding carboxylic acids is 1. The molecule has 0 aromatic carbocycles. The highest BCUT2D eigenvalue weighted by atomic mass is 16.5. The molecule has 1 aliphatic rings. The topological polar surface area (TPSA) is 63.2 Å². The first-order valence-electron chi connectivity index (χ1n) is 7.90. The summed E-state index contributed by atoms with van der Waals surface area (Å²) < 4.78 is 6.01. The number of rotatable bonds is 4. The fourth-order valence-electron chi connectivity index (χ4n) is 3.16. The lowest BCUT2D eigenvalue weighted by atomic mass is 9.94. The summed E-state index contributed by atoms with van der Waals surface area (Å²) in [5, 5.41) is 6.11. The van der Waals surface area contributed by atoms with E-state index in [2.05, 4.69) is 36.4 Å². The molecule has 5 heteroatoms. The number of nitrogens with zero attached hydrogens (tertiary/aromatic N) is 1. The van der Waals surface area contributed by atoms with Crippen molar-refractivity contribution in [1.82, 2.24) is 15.6 Å². The summed E-state index contributed by atoms with van der Waals surface area (Å²) in [6, 6.07) is 3.70. The minimum atomic E-state index is -0.362. The third kappa shape index (κ3) is 3.97. The van der Waals surface area contributed by atoms with Crippen LogP contribution in [0, 0.1) is 0 Å². The van der Waals surface area contributed by atoms with Crippen molar-refractivity contribution in [2.45, 2.75) is 70.7 Å². The Morgan fingerprint density at radius 3 is 2.50 bits per heavy atom. The highest BCUT2D eigenvalue weighted by Gasteiger charge is 2.46. The molecule has 2 amide bonds. The molecule has 2 N–H and O–H groups in total. The zero-order valence-electron chi connectivity index (χ0n) is 14.1. The van der Waals surface area contributed by atoms with Gasteiger partial charge in [0.15, 0.2) is 0 Å². The molecular formula is C17H27N3O2. The van der Waals surface area contributed by atoms with Crippen LogP contribution in [0.3, 0.4) is 0 Å². The molecule has 1 saturated heterocycles. The summed E-state index contributed by atoms with van der Waals surface area (Å²) in [6.07, 6.45) is 5.12. The van der Waals surface area contributed by atoms with Gasteiger partial charge in [0, 0.05) is 12.4 Å². The van der Waals surface area contributed by atoms with Gasteiger partial charge in [0.25, 0.3) is 0 Å². The summed E-state index contributed by atoms with van der Waals surface area (Å²) in [7, 11) is 0. The van der Waals surface area contributed by atoms with Gasteiger partial charge >= 0.3 is 6.03 Å². The molecule has 1 aromatic heterocycles. The third-order valence-corrected chi connectivity index (χ3v) is 4.20. The zero-order chi connectivity index (χ0) is 16.4. The molecule has 0 saturated carbocycles. The second-order valence-electron chi connectivity index (χ2n) is 7.08. The van der Waals surface area contributed by atoms with Gasteiger partial charge in [-0.1, -0.05) is 6.92 Å². The summed E-state index contributed by atoms with van der Waals surface area (Å²) in [4.78, 5) is 16.4. The molecule has 2 heterocycles. The van der Waals surface area contributed by atoms with Gasteiger partial charge in [-0.05, 0) is 58.2 Å². The highest BCUT2D eigenvalue weighted by Crippen LogP contribution is 2.37. The molecule has 22 heavy (non-hydrogen) atoms. The molecule has 0 radical (unpaired) electrons. The second-order valence-corrected chi connectivity index (χ2v) is 7.08. The average Bonchev–Trinajstić information content (AvgIpc) is 2.64. The van der Waals surface area contributed by atoms with Crippen LogP contribution in [0.15, 0.2) is 24.5 Å². The number of amides is 2. The number of pyridine rings is 1. The molecule has 0 aliphatic carbocycles. The summed E-state index contributed by atoms with van der Waals surface area (Å²) in [5.74, 6) is 0. The first-order chi connectivity index (χ1) is 10.2. The van der Waals surface area contributed by atoms with E-state index in [4.69, 9.17) is 4.74 Å². The van der Waals surface area contributed by atoms with E-state index in [0.717, 1.165) is 18.4 Å². The Bertz CT molecular complexity index is 514. The maximum atomic E-state index is 12.3. The van der Waals surface area contributed by atoms with Gasteiger partial charge in [-0.15, -0.1) is 0 Å². The van der Waals surface area contributed by atoms with Crippen LogP contribution in [0.25, 0.3) is 0 Å². The molecule has 2 rings (SSSR count). The Labute approximate surface area is 132 Å². The van der Waals surface area contributed by atoms with E-state index in [0.29, 0.717) is 0 Å². The maximum absolute atomic E-state index is 12.3. The smallest absolute Gasteiger partial charge is 0.315 e. The lowest BCUT2D eigenvalue weighted by molar-refractivity contribution is -0.0690. The van der Waals surface area contributed by atoms with Gasteiger partial charge in [-0.25, -0.2) is 4.79 Å². The number of aromatic nitrogens is 1. The SMILES string of the molecule is CC[C@H](NC(=O)N[C@@H]1CC(C)(C)OC1(C)C)c1ccncc1. The van der Waals surface area contributed by atoms with Crippen molar-refractivity contribution in [3.8, 4) is 0 Å². The Balaban J connectivity index is 1.98. The van der Waals surface area contributed by atoms with Gasteiger partial charge in [0.1, 0.15) is 0 Å². The predicted molar refractivity (Wildman–Crippen MR) is 86.6 cm³/mol. The number of ether oxygens (including phenoxy) is 1. The minimum absolute atomic E-state index is 0.00236. The van der Waals surface area contributed by atoms with Crippen molar-refractivity contribution in [3.63, 3.8) is 0 Å². The minimum Gasteiger partial charge on any atom is -0.367 e. The van der Waals surface area contributed by atoms with E-state index in [9.17, 15) is 4.79 Å². The van der Waals surface area contributed by atoms with Crippen LogP contribution in [0.4, 0.5) is 4.79 Å². The molecule has 1 aromatic rings. The second kappa shape index (κ2) is 6.24. The number of hydrogen-bond acceptors (Lipinski definition) is 3. The lowest BCUT2D eigenvalue weighted by Crippen LogP contribution is -2.50. The van der Waals surface area contributed by atoms with Crippen LogP contribution in [0.2, 0.25) is 0 Å². The number of nitrogens with one attached hydrogen (secondary N) is 2. The fraction of sp³-hybridized carbons (Fsp3) is 0.647. The highest BCUT2D eigenvalue weighted by molar-refractivity contribution is 5.75. The largest absolute Gasteiger partial charge is 0.367 e. The fourth-order valence-corrected chi connectivity index (χ4v) is 3.16. The van der Waals surface area contributed by atoms with Crippen LogP contribution in [-0.2, 0) is 4.74 Å². The van der Waals surface area contributed by atoms with Crippen LogP contribution >= 0.6 is 0 Å². The van der Waals surface area contributed by atoms with E-state index >= 15 is 0 Å². The van der Waals surface area contributed by atoms with Crippen molar-refractivity contribution in [2.75, 3.05) is 0 Å². The van der Waals surface area contributed by atoms with Crippen molar-refractivity contribution < 1.29 is 9.53 Å². The molecule has 0 spiro atoms. The molecule has 2 atom stereocenters. The van der Waals surface area contributed by atoms with Crippen molar-refractivity contribution in [1.29, 1.82) is 0 Å². The monoisotopic (exact) mass is 305 g/mol. The summed E-state index contributed by atoms with van der Waals surface area (Å²) >= 11 is 0. The lowest BCUT2D eigenvalue weighted by Gasteiger charge is -2.28. The van der Waals surface area contributed by atoms with Crippen molar-refractivity contribution >= 4 is 6.03 Å². The van der Waals surface area contributed by atoms with E-state index < -0.39 is 0 Å². The van der Waals surface area contributed by atoms with Gasteiger partial charge < -0.3 is 15.4 Å². The Hall–Kier alpha value is -1.62. The van der Waals surface area contributed by atoms with Crippen LogP contribution < -0.4 is 10.6 Å². The van der Waals surface area contributed by atoms with Gasteiger partial charge in [-0.2, -0.15) is 0 Å². The molecule has 122 valence electrons. The normalized spacial score (nSPS) is 23.8. The van der Waals surface area contributed by atoms with Crippen LogP contribution in [0.1, 0.15) is 59.1 Å². The molecule has 1 fully saturated rings. The van der Waals surface area contributed by atoms with E-state index in [1.807, 2.05) is 26.0 Å². The zero-order valence-corrected chi connectivity index (χ0v) is 14.1.